The standard InChI is InChI=1S/C16H23F3N4O.HI/c1-12-5-4-8-23(10-12)15(20-2)22-9-13-6-3-7-21-14(13)24-11-16(17,18)19;/h3,6-7,12H,4-5,8-11H2,1-2H3,(H,20,22);1H. The summed E-state index contributed by atoms with van der Waals surface area (Å²) in [7, 11) is 1.70. The first-order valence-electron chi connectivity index (χ1n) is 7.98. The second-order valence-electron chi connectivity index (χ2n) is 5.97. The summed E-state index contributed by atoms with van der Waals surface area (Å²) in [6.07, 6.45) is -0.668. The first-order chi connectivity index (χ1) is 11.4. The Balaban J connectivity index is 0.00000312. The lowest BCUT2D eigenvalue weighted by atomic mass is 10.0. The van der Waals surface area contributed by atoms with Gasteiger partial charge in [-0.1, -0.05) is 13.0 Å². The average molecular weight is 472 g/mol. The third-order valence-electron chi connectivity index (χ3n) is 3.83. The van der Waals surface area contributed by atoms with Crippen molar-refractivity contribution in [2.75, 3.05) is 26.7 Å². The van der Waals surface area contributed by atoms with Crippen LogP contribution in [0.5, 0.6) is 5.88 Å². The van der Waals surface area contributed by atoms with Gasteiger partial charge >= 0.3 is 6.18 Å². The molecule has 1 unspecified atom stereocenters. The van der Waals surface area contributed by atoms with Gasteiger partial charge in [-0.25, -0.2) is 4.98 Å². The van der Waals surface area contributed by atoms with Crippen molar-refractivity contribution in [1.82, 2.24) is 15.2 Å². The van der Waals surface area contributed by atoms with Crippen LogP contribution < -0.4 is 10.1 Å². The number of likely N-dealkylation sites (tertiary alicyclic amines) is 1. The summed E-state index contributed by atoms with van der Waals surface area (Å²) >= 11 is 0. The molecule has 1 aromatic heterocycles. The highest BCUT2D eigenvalue weighted by Crippen LogP contribution is 2.20. The molecule has 0 aromatic carbocycles. The summed E-state index contributed by atoms with van der Waals surface area (Å²) in [4.78, 5) is 10.3. The number of alkyl halides is 3. The molecule has 2 heterocycles. The number of nitrogens with zero attached hydrogens (tertiary/aromatic N) is 3. The Morgan fingerprint density at radius 3 is 2.88 bits per heavy atom. The minimum atomic E-state index is -4.39. The van der Waals surface area contributed by atoms with Gasteiger partial charge in [-0.3, -0.25) is 4.99 Å². The van der Waals surface area contributed by atoms with E-state index < -0.39 is 12.8 Å². The summed E-state index contributed by atoms with van der Waals surface area (Å²) in [5.74, 6) is 1.33. The molecule has 1 aliphatic heterocycles. The van der Waals surface area contributed by atoms with Gasteiger partial charge in [0.25, 0.3) is 0 Å². The fourth-order valence-corrected chi connectivity index (χ4v) is 2.73. The first kappa shape index (κ1) is 21.8. The van der Waals surface area contributed by atoms with Crippen LogP contribution in [0.1, 0.15) is 25.3 Å². The van der Waals surface area contributed by atoms with Crippen LogP contribution in [0.2, 0.25) is 0 Å². The maximum Gasteiger partial charge on any atom is 0.422 e. The molecule has 0 aliphatic carbocycles. The van der Waals surface area contributed by atoms with Crippen LogP contribution >= 0.6 is 24.0 Å². The molecule has 1 aliphatic rings. The Bertz CT molecular complexity index is 569. The van der Waals surface area contributed by atoms with Crippen molar-refractivity contribution in [3.8, 4) is 5.88 Å². The molecule has 2 rings (SSSR count). The Hall–Kier alpha value is -1.26. The number of hydrogen-bond acceptors (Lipinski definition) is 3. The molecule has 5 nitrogen and oxygen atoms in total. The number of ether oxygens (including phenoxy) is 1. The lowest BCUT2D eigenvalue weighted by Crippen LogP contribution is -2.45. The van der Waals surface area contributed by atoms with Crippen LogP contribution in [-0.2, 0) is 6.54 Å². The van der Waals surface area contributed by atoms with Crippen LogP contribution in [-0.4, -0.2) is 48.8 Å². The number of hydrogen-bond donors (Lipinski definition) is 1. The predicted octanol–water partition coefficient (Wildman–Crippen LogP) is 3.45. The van der Waals surface area contributed by atoms with Gasteiger partial charge in [0.15, 0.2) is 12.6 Å². The first-order valence-corrected chi connectivity index (χ1v) is 7.98. The van der Waals surface area contributed by atoms with E-state index in [0.29, 0.717) is 18.0 Å². The summed E-state index contributed by atoms with van der Waals surface area (Å²) in [5.41, 5.74) is 0.563. The summed E-state index contributed by atoms with van der Waals surface area (Å²) in [5, 5.41) is 3.19. The van der Waals surface area contributed by atoms with Crippen molar-refractivity contribution in [1.29, 1.82) is 0 Å². The van der Waals surface area contributed by atoms with Gasteiger partial charge in [0.2, 0.25) is 5.88 Å². The molecule has 0 bridgehead atoms. The van der Waals surface area contributed by atoms with Crippen LogP contribution in [0.3, 0.4) is 0 Å². The van der Waals surface area contributed by atoms with Crippen LogP contribution in [0, 0.1) is 5.92 Å². The number of halogens is 4. The zero-order valence-corrected chi connectivity index (χ0v) is 16.7. The van der Waals surface area contributed by atoms with E-state index in [1.165, 1.54) is 12.6 Å². The maximum absolute atomic E-state index is 12.3. The van der Waals surface area contributed by atoms with E-state index in [0.717, 1.165) is 25.5 Å². The molecule has 1 atom stereocenters. The molecule has 1 aromatic rings. The van der Waals surface area contributed by atoms with Gasteiger partial charge < -0.3 is 15.0 Å². The monoisotopic (exact) mass is 472 g/mol. The van der Waals surface area contributed by atoms with E-state index in [2.05, 4.69) is 27.1 Å². The Labute approximate surface area is 163 Å². The van der Waals surface area contributed by atoms with E-state index in [1.54, 1.807) is 19.2 Å². The van der Waals surface area contributed by atoms with Crippen LogP contribution in [0.4, 0.5) is 13.2 Å². The summed E-state index contributed by atoms with van der Waals surface area (Å²) in [6, 6.07) is 3.36. The highest BCUT2D eigenvalue weighted by Gasteiger charge is 2.29. The third kappa shape index (κ3) is 7.25. The van der Waals surface area contributed by atoms with Crippen molar-refractivity contribution in [3.63, 3.8) is 0 Å². The van der Waals surface area contributed by atoms with E-state index >= 15 is 0 Å². The Morgan fingerprint density at radius 2 is 2.24 bits per heavy atom. The Kier molecular flexibility index (Phi) is 8.74. The van der Waals surface area contributed by atoms with Gasteiger partial charge in [-0.15, -0.1) is 24.0 Å². The second-order valence-corrected chi connectivity index (χ2v) is 5.97. The van der Waals surface area contributed by atoms with Crippen LogP contribution in [0.15, 0.2) is 23.3 Å². The molecule has 0 amide bonds. The van der Waals surface area contributed by atoms with Crippen molar-refractivity contribution in [2.24, 2.45) is 10.9 Å². The van der Waals surface area contributed by atoms with Crippen LogP contribution in [0.25, 0.3) is 0 Å². The lowest BCUT2D eigenvalue weighted by molar-refractivity contribution is -0.154. The molecule has 1 N–H and O–H groups in total. The van der Waals surface area contributed by atoms with E-state index in [-0.39, 0.29) is 29.9 Å². The lowest BCUT2D eigenvalue weighted by Gasteiger charge is -2.33. The summed E-state index contributed by atoms with van der Waals surface area (Å²) in [6.45, 7) is 3.00. The molecular formula is C16H24F3IN4O. The molecule has 25 heavy (non-hydrogen) atoms. The van der Waals surface area contributed by atoms with Crippen molar-refractivity contribution in [2.45, 2.75) is 32.5 Å². The van der Waals surface area contributed by atoms with E-state index in [1.807, 2.05) is 0 Å². The van der Waals surface area contributed by atoms with Gasteiger partial charge in [-0.2, -0.15) is 13.2 Å². The fraction of sp³-hybridized carbons (Fsp3) is 0.625. The van der Waals surface area contributed by atoms with E-state index in [9.17, 15) is 13.2 Å². The topological polar surface area (TPSA) is 49.8 Å². The number of aromatic nitrogens is 1. The largest absolute Gasteiger partial charge is 0.468 e. The number of rotatable bonds is 4. The number of pyridine rings is 1. The van der Waals surface area contributed by atoms with Gasteiger partial charge in [0.1, 0.15) is 0 Å². The van der Waals surface area contributed by atoms with Gasteiger partial charge in [0, 0.05) is 38.4 Å². The van der Waals surface area contributed by atoms with Gasteiger partial charge in [-0.05, 0) is 24.8 Å². The summed E-state index contributed by atoms with van der Waals surface area (Å²) < 4.78 is 41.8. The number of nitrogens with one attached hydrogen (secondary N) is 1. The molecule has 0 saturated carbocycles. The van der Waals surface area contributed by atoms with Crippen molar-refractivity contribution < 1.29 is 17.9 Å². The quantitative estimate of drug-likeness (QED) is 0.415. The SMILES string of the molecule is CN=C(NCc1cccnc1OCC(F)(F)F)N1CCCC(C)C1.I. The molecule has 0 radical (unpaired) electrons. The highest BCUT2D eigenvalue weighted by atomic mass is 127. The zero-order valence-electron chi connectivity index (χ0n) is 14.3. The molecule has 1 fully saturated rings. The number of piperidine rings is 1. The average Bonchev–Trinajstić information content (AvgIpc) is 2.54. The van der Waals surface area contributed by atoms with Gasteiger partial charge in [0.05, 0.1) is 0 Å². The second kappa shape index (κ2) is 10.0. The smallest absolute Gasteiger partial charge is 0.422 e. The molecule has 1 saturated heterocycles. The molecule has 0 spiro atoms. The van der Waals surface area contributed by atoms with Crippen molar-refractivity contribution >= 4 is 29.9 Å². The number of guanidine groups is 1. The molecule has 9 heteroatoms. The van der Waals surface area contributed by atoms with Crippen molar-refractivity contribution in [3.05, 3.63) is 23.9 Å². The normalized spacial score (nSPS) is 18.5. The maximum atomic E-state index is 12.3. The Morgan fingerprint density at radius 1 is 1.48 bits per heavy atom. The third-order valence-corrected chi connectivity index (χ3v) is 3.83. The molecule has 142 valence electrons. The fourth-order valence-electron chi connectivity index (χ4n) is 2.73. The predicted molar refractivity (Wildman–Crippen MR) is 101 cm³/mol. The minimum Gasteiger partial charge on any atom is -0.468 e. The van der Waals surface area contributed by atoms with E-state index in [4.69, 9.17) is 4.74 Å². The minimum absolute atomic E-state index is 0. The zero-order chi connectivity index (χ0) is 17.6. The highest BCUT2D eigenvalue weighted by molar-refractivity contribution is 14.0. The number of aliphatic imine (C=N–C) groups is 1. The molecular weight excluding hydrogens is 448 g/mol.